The van der Waals surface area contributed by atoms with E-state index in [0.717, 1.165) is 17.5 Å². The molecule has 162 valence electrons. The van der Waals surface area contributed by atoms with Gasteiger partial charge in [-0.25, -0.2) is 8.42 Å². The number of nitrogens with one attached hydrogen (secondary N) is 1. The summed E-state index contributed by atoms with van der Waals surface area (Å²) in [5.74, 6) is -0.267. The Morgan fingerprint density at radius 1 is 1.03 bits per heavy atom. The largest absolute Gasteiger partial charge is 0.379 e. The topological polar surface area (TPSA) is 75.7 Å². The lowest BCUT2D eigenvalue weighted by molar-refractivity contribution is 0.0730. The van der Waals surface area contributed by atoms with Gasteiger partial charge in [-0.3, -0.25) is 4.79 Å². The van der Waals surface area contributed by atoms with Crippen molar-refractivity contribution >= 4 is 15.9 Å². The number of carbonyl (C=O) groups excluding carboxylic acids is 1. The highest BCUT2D eigenvalue weighted by Crippen LogP contribution is 2.23. The Bertz CT molecular complexity index is 1030. The van der Waals surface area contributed by atoms with Crippen LogP contribution in [0.1, 0.15) is 52.0 Å². The van der Waals surface area contributed by atoms with Crippen LogP contribution in [-0.4, -0.2) is 44.9 Å². The van der Waals surface area contributed by atoms with Gasteiger partial charge in [0, 0.05) is 18.7 Å². The average Bonchev–Trinajstić information content (AvgIpc) is 2.74. The van der Waals surface area contributed by atoms with Crippen molar-refractivity contribution in [3.8, 4) is 0 Å². The van der Waals surface area contributed by atoms with Crippen molar-refractivity contribution in [1.29, 1.82) is 0 Å². The molecule has 0 spiro atoms. The quantitative estimate of drug-likeness (QED) is 0.761. The van der Waals surface area contributed by atoms with Crippen molar-refractivity contribution in [2.75, 3.05) is 26.3 Å². The molecule has 1 aliphatic rings. The molecule has 1 N–H and O–H groups in total. The van der Waals surface area contributed by atoms with E-state index in [1.165, 1.54) is 21.5 Å². The summed E-state index contributed by atoms with van der Waals surface area (Å²) in [6, 6.07) is 10.8. The van der Waals surface area contributed by atoms with E-state index in [0.29, 0.717) is 31.9 Å². The minimum atomic E-state index is -3.66. The van der Waals surface area contributed by atoms with Crippen molar-refractivity contribution in [1.82, 2.24) is 9.62 Å². The van der Waals surface area contributed by atoms with Gasteiger partial charge in [0.1, 0.15) is 0 Å². The molecule has 0 unspecified atom stereocenters. The Hall–Kier alpha value is -2.22. The van der Waals surface area contributed by atoms with E-state index in [1.807, 2.05) is 19.9 Å². The second-order valence-electron chi connectivity index (χ2n) is 7.77. The predicted molar refractivity (Wildman–Crippen MR) is 117 cm³/mol. The molecule has 30 heavy (non-hydrogen) atoms. The highest BCUT2D eigenvalue weighted by atomic mass is 32.2. The third kappa shape index (κ3) is 4.74. The number of sulfonamides is 1. The van der Waals surface area contributed by atoms with Crippen LogP contribution in [0.5, 0.6) is 0 Å². The van der Waals surface area contributed by atoms with Gasteiger partial charge in [0.05, 0.1) is 24.2 Å². The van der Waals surface area contributed by atoms with Crippen LogP contribution < -0.4 is 5.32 Å². The summed E-state index contributed by atoms with van der Waals surface area (Å²) in [5.41, 5.74) is 4.55. The van der Waals surface area contributed by atoms with E-state index in [4.69, 9.17) is 4.74 Å². The second-order valence-corrected chi connectivity index (χ2v) is 9.71. The Morgan fingerprint density at radius 3 is 2.33 bits per heavy atom. The van der Waals surface area contributed by atoms with Gasteiger partial charge in [-0.15, -0.1) is 0 Å². The van der Waals surface area contributed by atoms with Crippen molar-refractivity contribution in [2.24, 2.45) is 0 Å². The first-order chi connectivity index (χ1) is 14.2. The molecule has 7 heteroatoms. The van der Waals surface area contributed by atoms with Crippen LogP contribution in [0.2, 0.25) is 0 Å². The zero-order chi connectivity index (χ0) is 21.9. The average molecular weight is 431 g/mol. The molecular formula is C23H30N2O4S. The molecule has 1 saturated heterocycles. The fourth-order valence-electron chi connectivity index (χ4n) is 3.58. The Labute approximate surface area is 179 Å². The van der Waals surface area contributed by atoms with Gasteiger partial charge < -0.3 is 10.1 Å². The van der Waals surface area contributed by atoms with Gasteiger partial charge in [0.2, 0.25) is 10.0 Å². The van der Waals surface area contributed by atoms with E-state index < -0.39 is 10.0 Å². The molecular weight excluding hydrogens is 400 g/mol. The van der Waals surface area contributed by atoms with E-state index in [-0.39, 0.29) is 16.8 Å². The summed E-state index contributed by atoms with van der Waals surface area (Å²) in [7, 11) is -3.66. The zero-order valence-electron chi connectivity index (χ0n) is 18.1. The van der Waals surface area contributed by atoms with Gasteiger partial charge in [0.15, 0.2) is 0 Å². The number of carbonyl (C=O) groups is 1. The van der Waals surface area contributed by atoms with Gasteiger partial charge >= 0.3 is 0 Å². The maximum Gasteiger partial charge on any atom is 0.252 e. The van der Waals surface area contributed by atoms with Crippen LogP contribution in [0.4, 0.5) is 0 Å². The van der Waals surface area contributed by atoms with Crippen molar-refractivity contribution in [2.45, 2.75) is 45.1 Å². The number of hydrogen-bond donors (Lipinski definition) is 1. The molecule has 0 aliphatic carbocycles. The Kier molecular flexibility index (Phi) is 6.95. The zero-order valence-corrected chi connectivity index (χ0v) is 18.9. The molecule has 0 saturated carbocycles. The fraction of sp³-hybridized carbons (Fsp3) is 0.435. The first kappa shape index (κ1) is 22.5. The van der Waals surface area contributed by atoms with Crippen LogP contribution in [-0.2, 0) is 14.8 Å². The molecule has 6 nitrogen and oxygen atoms in total. The number of hydrogen-bond acceptors (Lipinski definition) is 4. The third-order valence-electron chi connectivity index (χ3n) is 5.71. The molecule has 1 aliphatic heterocycles. The third-order valence-corrected chi connectivity index (χ3v) is 7.60. The number of benzene rings is 2. The highest BCUT2D eigenvalue weighted by molar-refractivity contribution is 7.89. The summed E-state index contributed by atoms with van der Waals surface area (Å²) < 4.78 is 32.6. The van der Waals surface area contributed by atoms with Crippen molar-refractivity contribution < 1.29 is 17.9 Å². The smallest absolute Gasteiger partial charge is 0.252 e. The van der Waals surface area contributed by atoms with Crippen LogP contribution >= 0.6 is 0 Å². The van der Waals surface area contributed by atoms with Gasteiger partial charge in [-0.1, -0.05) is 31.2 Å². The summed E-state index contributed by atoms with van der Waals surface area (Å²) in [6.45, 7) is 9.35. The first-order valence-electron chi connectivity index (χ1n) is 10.3. The maximum atomic E-state index is 13.1. The molecule has 0 radical (unpaired) electrons. The SMILES string of the molecule is CC[C@@H](NC(=O)c1cc(S(=O)(=O)N2CCOCC2)ccc1C)c1ccc(C)c(C)c1. The second kappa shape index (κ2) is 9.29. The lowest BCUT2D eigenvalue weighted by atomic mass is 9.99. The number of ether oxygens (including phenoxy) is 1. The van der Waals surface area contributed by atoms with Gasteiger partial charge in [0.25, 0.3) is 5.91 Å². The lowest BCUT2D eigenvalue weighted by Gasteiger charge is -2.26. The molecule has 3 rings (SSSR count). The summed E-state index contributed by atoms with van der Waals surface area (Å²) in [5, 5.41) is 3.08. The van der Waals surface area contributed by atoms with Gasteiger partial charge in [-0.05, 0) is 61.6 Å². The Morgan fingerprint density at radius 2 is 1.70 bits per heavy atom. The number of amides is 1. The van der Waals surface area contributed by atoms with Gasteiger partial charge in [-0.2, -0.15) is 4.31 Å². The minimum absolute atomic E-state index is 0.138. The van der Waals surface area contributed by atoms with Crippen LogP contribution in [0.3, 0.4) is 0 Å². The standard InChI is InChI=1S/C23H30N2O4S/c1-5-22(19-8-6-16(2)18(4)14-19)24-23(26)21-15-20(9-7-17(21)3)30(27,28)25-10-12-29-13-11-25/h6-9,14-15,22H,5,10-13H2,1-4H3,(H,24,26)/t22-/m1/s1. The fourth-order valence-corrected chi connectivity index (χ4v) is 5.02. The number of rotatable bonds is 6. The monoisotopic (exact) mass is 430 g/mol. The number of nitrogens with zero attached hydrogens (tertiary/aromatic N) is 1. The van der Waals surface area contributed by atoms with Crippen LogP contribution in [0.15, 0.2) is 41.3 Å². The maximum absolute atomic E-state index is 13.1. The predicted octanol–water partition coefficient (Wildman–Crippen LogP) is 3.51. The Balaban J connectivity index is 1.86. The van der Waals surface area contributed by atoms with Crippen LogP contribution in [0.25, 0.3) is 0 Å². The van der Waals surface area contributed by atoms with E-state index in [9.17, 15) is 13.2 Å². The van der Waals surface area contributed by atoms with Crippen LogP contribution in [0, 0.1) is 20.8 Å². The molecule has 2 aromatic rings. The van der Waals surface area contributed by atoms with E-state index in [1.54, 1.807) is 12.1 Å². The molecule has 2 aromatic carbocycles. The normalized spacial score (nSPS) is 16.3. The first-order valence-corrected chi connectivity index (χ1v) is 11.7. The van der Waals surface area contributed by atoms with E-state index in [2.05, 4.69) is 31.3 Å². The molecule has 1 atom stereocenters. The summed E-state index contributed by atoms with van der Waals surface area (Å²) in [4.78, 5) is 13.2. The molecule has 0 aromatic heterocycles. The van der Waals surface area contributed by atoms with Crippen molar-refractivity contribution in [3.63, 3.8) is 0 Å². The number of aryl methyl sites for hydroxylation is 3. The highest BCUT2D eigenvalue weighted by Gasteiger charge is 2.27. The lowest BCUT2D eigenvalue weighted by Crippen LogP contribution is -2.40. The molecule has 1 fully saturated rings. The molecule has 0 bridgehead atoms. The summed E-state index contributed by atoms with van der Waals surface area (Å²) in [6.07, 6.45) is 0.735. The van der Waals surface area contributed by atoms with E-state index >= 15 is 0 Å². The molecule has 1 heterocycles. The molecule has 1 amide bonds. The van der Waals surface area contributed by atoms with Crippen molar-refractivity contribution in [3.05, 3.63) is 64.2 Å². The number of morpholine rings is 1. The summed E-state index contributed by atoms with van der Waals surface area (Å²) >= 11 is 0. The minimum Gasteiger partial charge on any atom is -0.379 e.